The van der Waals surface area contributed by atoms with Gasteiger partial charge in [0.2, 0.25) is 0 Å². The van der Waals surface area contributed by atoms with Gasteiger partial charge in [0.25, 0.3) is 0 Å². The Morgan fingerprint density at radius 3 is 2.59 bits per heavy atom. The highest BCUT2D eigenvalue weighted by Crippen LogP contribution is 2.30. The van der Waals surface area contributed by atoms with Gasteiger partial charge in [-0.05, 0) is 52.3 Å². The molecule has 98 valence electrons. The summed E-state index contributed by atoms with van der Waals surface area (Å²) in [7, 11) is 1.79. The summed E-state index contributed by atoms with van der Waals surface area (Å²) < 4.78 is 5.54. The lowest BCUT2D eigenvalue weighted by atomic mass is 9.97. The maximum absolute atomic E-state index is 5.54. The standard InChI is InChI=1S/C14H25NOS/c1-6-9-15-12(10-14(3,4)16-5)13-8-7-11(2)17-13/h7-8,12,15H,6,9-10H2,1-5H3. The number of methoxy groups -OCH3 is 1. The summed E-state index contributed by atoms with van der Waals surface area (Å²) in [6.45, 7) is 9.71. The van der Waals surface area contributed by atoms with Gasteiger partial charge < -0.3 is 10.1 Å². The van der Waals surface area contributed by atoms with E-state index in [1.165, 1.54) is 9.75 Å². The molecule has 0 aromatic carbocycles. The molecule has 1 aromatic rings. The van der Waals surface area contributed by atoms with Crippen molar-refractivity contribution in [1.29, 1.82) is 0 Å². The van der Waals surface area contributed by atoms with Crippen LogP contribution in [0.2, 0.25) is 0 Å². The Kier molecular flexibility index (Phi) is 5.63. The Morgan fingerprint density at radius 2 is 2.12 bits per heavy atom. The smallest absolute Gasteiger partial charge is 0.0641 e. The van der Waals surface area contributed by atoms with Crippen LogP contribution in [0.15, 0.2) is 12.1 Å². The molecule has 0 spiro atoms. The molecular formula is C14H25NOS. The maximum Gasteiger partial charge on any atom is 0.0641 e. The lowest BCUT2D eigenvalue weighted by molar-refractivity contribution is 0.00714. The fourth-order valence-electron chi connectivity index (χ4n) is 1.81. The van der Waals surface area contributed by atoms with Crippen LogP contribution >= 0.6 is 11.3 Å². The number of aryl methyl sites for hydroxylation is 1. The molecule has 0 fully saturated rings. The number of hydrogen-bond acceptors (Lipinski definition) is 3. The third-order valence-corrected chi connectivity index (χ3v) is 4.11. The van der Waals surface area contributed by atoms with Gasteiger partial charge in [-0.2, -0.15) is 0 Å². The number of nitrogens with one attached hydrogen (secondary N) is 1. The molecule has 1 aromatic heterocycles. The number of ether oxygens (including phenoxy) is 1. The Morgan fingerprint density at radius 1 is 1.41 bits per heavy atom. The van der Waals surface area contributed by atoms with E-state index in [9.17, 15) is 0 Å². The molecule has 17 heavy (non-hydrogen) atoms. The Bertz CT molecular complexity index is 333. The predicted molar refractivity (Wildman–Crippen MR) is 75.8 cm³/mol. The summed E-state index contributed by atoms with van der Waals surface area (Å²) in [4.78, 5) is 2.79. The number of hydrogen-bond donors (Lipinski definition) is 1. The molecule has 1 unspecified atom stereocenters. The van der Waals surface area contributed by atoms with Crippen LogP contribution in [0.1, 0.15) is 49.4 Å². The van der Waals surface area contributed by atoms with Crippen molar-refractivity contribution in [3.05, 3.63) is 21.9 Å². The van der Waals surface area contributed by atoms with E-state index >= 15 is 0 Å². The van der Waals surface area contributed by atoms with Crippen molar-refractivity contribution < 1.29 is 4.74 Å². The van der Waals surface area contributed by atoms with E-state index in [0.29, 0.717) is 6.04 Å². The highest BCUT2D eigenvalue weighted by Gasteiger charge is 2.24. The van der Waals surface area contributed by atoms with Crippen LogP contribution in [0.3, 0.4) is 0 Å². The average Bonchev–Trinajstić information content (AvgIpc) is 2.71. The first kappa shape index (κ1) is 14.7. The molecule has 0 radical (unpaired) electrons. The zero-order valence-electron chi connectivity index (χ0n) is 11.7. The number of rotatable bonds is 7. The summed E-state index contributed by atoms with van der Waals surface area (Å²) in [5.74, 6) is 0. The Balaban J connectivity index is 2.73. The van der Waals surface area contributed by atoms with Crippen molar-refractivity contribution in [3.8, 4) is 0 Å². The molecule has 1 atom stereocenters. The van der Waals surface area contributed by atoms with Gasteiger partial charge in [-0.3, -0.25) is 0 Å². The molecule has 0 aliphatic rings. The second kappa shape index (κ2) is 6.53. The molecular weight excluding hydrogens is 230 g/mol. The molecule has 1 N–H and O–H groups in total. The first-order valence-electron chi connectivity index (χ1n) is 6.33. The monoisotopic (exact) mass is 255 g/mol. The first-order chi connectivity index (χ1) is 7.98. The highest BCUT2D eigenvalue weighted by molar-refractivity contribution is 7.12. The van der Waals surface area contributed by atoms with Crippen LogP contribution in [0.5, 0.6) is 0 Å². The van der Waals surface area contributed by atoms with Crippen molar-refractivity contribution in [1.82, 2.24) is 5.32 Å². The largest absolute Gasteiger partial charge is 0.379 e. The van der Waals surface area contributed by atoms with Gasteiger partial charge in [0.15, 0.2) is 0 Å². The van der Waals surface area contributed by atoms with E-state index < -0.39 is 0 Å². The second-order valence-corrected chi connectivity index (χ2v) is 6.44. The van der Waals surface area contributed by atoms with Gasteiger partial charge in [0, 0.05) is 22.9 Å². The molecule has 1 rings (SSSR count). The summed E-state index contributed by atoms with van der Waals surface area (Å²) in [5, 5.41) is 3.62. The zero-order chi connectivity index (χ0) is 12.9. The third kappa shape index (κ3) is 4.78. The van der Waals surface area contributed by atoms with Crippen molar-refractivity contribution in [2.75, 3.05) is 13.7 Å². The van der Waals surface area contributed by atoms with Crippen LogP contribution in [0, 0.1) is 6.92 Å². The molecule has 0 saturated heterocycles. The summed E-state index contributed by atoms with van der Waals surface area (Å²) in [6.07, 6.45) is 2.16. The molecule has 0 aliphatic carbocycles. The topological polar surface area (TPSA) is 21.3 Å². The SMILES string of the molecule is CCCNC(CC(C)(C)OC)c1ccc(C)s1. The van der Waals surface area contributed by atoms with E-state index in [2.05, 4.69) is 45.1 Å². The van der Waals surface area contributed by atoms with Crippen molar-refractivity contribution in [2.24, 2.45) is 0 Å². The minimum Gasteiger partial charge on any atom is -0.379 e. The van der Waals surface area contributed by atoms with Crippen LogP contribution in [0.4, 0.5) is 0 Å². The highest BCUT2D eigenvalue weighted by atomic mass is 32.1. The van der Waals surface area contributed by atoms with E-state index in [4.69, 9.17) is 4.74 Å². The molecule has 2 nitrogen and oxygen atoms in total. The molecule has 1 heterocycles. The fourth-order valence-corrected chi connectivity index (χ4v) is 2.76. The summed E-state index contributed by atoms with van der Waals surface area (Å²) >= 11 is 1.88. The van der Waals surface area contributed by atoms with Gasteiger partial charge in [0.05, 0.1) is 5.60 Å². The van der Waals surface area contributed by atoms with E-state index in [1.807, 2.05) is 11.3 Å². The second-order valence-electron chi connectivity index (χ2n) is 5.12. The Hall–Kier alpha value is -0.380. The van der Waals surface area contributed by atoms with Crippen molar-refractivity contribution >= 4 is 11.3 Å². The zero-order valence-corrected chi connectivity index (χ0v) is 12.5. The molecule has 0 bridgehead atoms. The fraction of sp³-hybridized carbons (Fsp3) is 0.714. The normalized spacial score (nSPS) is 13.9. The summed E-state index contributed by atoms with van der Waals surface area (Å²) in [5.41, 5.74) is -0.0801. The quantitative estimate of drug-likeness (QED) is 0.797. The molecule has 3 heteroatoms. The van der Waals surface area contributed by atoms with Crippen LogP contribution in [0.25, 0.3) is 0 Å². The van der Waals surface area contributed by atoms with Crippen LogP contribution in [-0.2, 0) is 4.74 Å². The van der Waals surface area contributed by atoms with Crippen molar-refractivity contribution in [2.45, 2.75) is 52.2 Å². The summed E-state index contributed by atoms with van der Waals surface area (Å²) in [6, 6.07) is 4.84. The van der Waals surface area contributed by atoms with E-state index in [-0.39, 0.29) is 5.60 Å². The van der Waals surface area contributed by atoms with Crippen LogP contribution in [-0.4, -0.2) is 19.3 Å². The minimum atomic E-state index is -0.0801. The lowest BCUT2D eigenvalue weighted by Gasteiger charge is -2.28. The first-order valence-corrected chi connectivity index (χ1v) is 7.15. The lowest BCUT2D eigenvalue weighted by Crippen LogP contribution is -2.32. The van der Waals surface area contributed by atoms with Gasteiger partial charge in [0.1, 0.15) is 0 Å². The predicted octanol–water partition coefficient (Wildman–Crippen LogP) is 3.91. The van der Waals surface area contributed by atoms with Crippen LogP contribution < -0.4 is 5.32 Å². The molecule has 0 amide bonds. The van der Waals surface area contributed by atoms with E-state index in [1.54, 1.807) is 7.11 Å². The third-order valence-electron chi connectivity index (χ3n) is 2.99. The van der Waals surface area contributed by atoms with Gasteiger partial charge in [-0.1, -0.05) is 6.92 Å². The molecule has 0 saturated carbocycles. The van der Waals surface area contributed by atoms with Gasteiger partial charge in [-0.25, -0.2) is 0 Å². The average molecular weight is 255 g/mol. The van der Waals surface area contributed by atoms with E-state index in [0.717, 1.165) is 19.4 Å². The number of thiophene rings is 1. The molecule has 0 aliphatic heterocycles. The van der Waals surface area contributed by atoms with Gasteiger partial charge >= 0.3 is 0 Å². The van der Waals surface area contributed by atoms with Crippen molar-refractivity contribution in [3.63, 3.8) is 0 Å². The Labute approximate surface area is 109 Å². The van der Waals surface area contributed by atoms with Gasteiger partial charge in [-0.15, -0.1) is 11.3 Å². The minimum absolute atomic E-state index is 0.0801. The maximum atomic E-state index is 5.54.